The normalized spacial score (nSPS) is 19.3. The molecule has 2 aliphatic rings. The number of sulfonamides is 1. The van der Waals surface area contributed by atoms with Gasteiger partial charge in [0, 0.05) is 26.2 Å². The Labute approximate surface area is 208 Å². The molecule has 8 heteroatoms. The van der Waals surface area contributed by atoms with E-state index in [1.54, 1.807) is 24.3 Å². The second-order valence-corrected chi connectivity index (χ2v) is 11.6. The van der Waals surface area contributed by atoms with Crippen molar-refractivity contribution in [3.8, 4) is 0 Å². The smallest absolute Gasteiger partial charge is 0.255 e. The molecule has 2 aromatic rings. The van der Waals surface area contributed by atoms with E-state index in [4.69, 9.17) is 0 Å². The third-order valence-corrected chi connectivity index (χ3v) is 8.84. The van der Waals surface area contributed by atoms with Gasteiger partial charge >= 0.3 is 0 Å². The Kier molecular flexibility index (Phi) is 8.57. The number of carbonyl (C=O) groups excluding carboxylic acids is 2. The molecule has 7 nitrogen and oxygen atoms in total. The largest absolute Gasteiger partial charge is 0.339 e. The Morgan fingerprint density at radius 2 is 1.60 bits per heavy atom. The molecule has 4 rings (SSSR count). The maximum Gasteiger partial charge on any atom is 0.255 e. The third-order valence-electron chi connectivity index (χ3n) is 6.92. The lowest BCUT2D eigenvalue weighted by Gasteiger charge is -2.31. The van der Waals surface area contributed by atoms with Crippen LogP contribution in [0.5, 0.6) is 0 Å². The molecule has 1 N–H and O–H groups in total. The predicted octanol–water partition coefficient (Wildman–Crippen LogP) is 3.93. The zero-order valence-corrected chi connectivity index (χ0v) is 21.0. The standard InChI is InChI=1S/C27H35N3O4S/c31-26(28-25-16-6-5-15-24(25)27(32)29-17-7-2-8-18-29)23-14-9-19-30(21-23)35(33,34)20-10-13-22-11-3-1-4-12-22/h1,3-6,11-12,15-16,23H,2,7-10,13-14,17-21H2,(H,28,31). The summed E-state index contributed by atoms with van der Waals surface area (Å²) in [5.74, 6) is -0.658. The van der Waals surface area contributed by atoms with E-state index in [1.807, 2.05) is 35.2 Å². The van der Waals surface area contributed by atoms with Crippen molar-refractivity contribution in [3.05, 3.63) is 65.7 Å². The average molecular weight is 498 g/mol. The molecule has 2 aromatic carbocycles. The molecule has 188 valence electrons. The van der Waals surface area contributed by atoms with Crippen molar-refractivity contribution in [2.75, 3.05) is 37.2 Å². The molecule has 0 bridgehead atoms. The van der Waals surface area contributed by atoms with Crippen LogP contribution >= 0.6 is 0 Å². The predicted molar refractivity (Wildman–Crippen MR) is 138 cm³/mol. The Hall–Kier alpha value is -2.71. The van der Waals surface area contributed by atoms with E-state index in [-0.39, 0.29) is 24.1 Å². The second kappa shape index (κ2) is 11.8. The molecule has 2 amide bonds. The van der Waals surface area contributed by atoms with Gasteiger partial charge in [-0.05, 0) is 62.6 Å². The lowest BCUT2D eigenvalue weighted by molar-refractivity contribution is -0.120. The van der Waals surface area contributed by atoms with Gasteiger partial charge in [-0.1, -0.05) is 42.5 Å². The van der Waals surface area contributed by atoms with E-state index in [9.17, 15) is 18.0 Å². The molecule has 2 heterocycles. The summed E-state index contributed by atoms with van der Waals surface area (Å²) in [6, 6.07) is 17.0. The van der Waals surface area contributed by atoms with Crippen LogP contribution in [0.4, 0.5) is 5.69 Å². The van der Waals surface area contributed by atoms with Crippen LogP contribution in [0.3, 0.4) is 0 Å². The van der Waals surface area contributed by atoms with E-state index in [1.165, 1.54) is 4.31 Å². The summed E-state index contributed by atoms with van der Waals surface area (Å²) in [5, 5.41) is 2.93. The number of amides is 2. The lowest BCUT2D eigenvalue weighted by Crippen LogP contribution is -2.44. The minimum atomic E-state index is -3.44. The molecule has 2 fully saturated rings. The van der Waals surface area contributed by atoms with Crippen molar-refractivity contribution in [2.24, 2.45) is 5.92 Å². The molecule has 0 saturated carbocycles. The topological polar surface area (TPSA) is 86.8 Å². The maximum atomic E-state index is 13.1. The second-order valence-electron chi connectivity index (χ2n) is 9.49. The maximum absolute atomic E-state index is 13.1. The number of carbonyl (C=O) groups is 2. The van der Waals surface area contributed by atoms with Gasteiger partial charge in [0.25, 0.3) is 5.91 Å². The van der Waals surface area contributed by atoms with Crippen molar-refractivity contribution in [3.63, 3.8) is 0 Å². The van der Waals surface area contributed by atoms with Gasteiger partial charge in [-0.15, -0.1) is 0 Å². The Morgan fingerprint density at radius 1 is 0.886 bits per heavy atom. The summed E-state index contributed by atoms with van der Waals surface area (Å²) < 4.78 is 27.4. The van der Waals surface area contributed by atoms with Crippen molar-refractivity contribution in [1.82, 2.24) is 9.21 Å². The van der Waals surface area contributed by atoms with Gasteiger partial charge < -0.3 is 10.2 Å². The first-order valence-corrected chi connectivity index (χ1v) is 14.3. The van der Waals surface area contributed by atoms with E-state index in [0.717, 1.165) is 37.9 Å². The number of para-hydroxylation sites is 1. The van der Waals surface area contributed by atoms with Crippen LogP contribution in [0.15, 0.2) is 54.6 Å². The van der Waals surface area contributed by atoms with Crippen molar-refractivity contribution in [1.29, 1.82) is 0 Å². The highest BCUT2D eigenvalue weighted by Crippen LogP contribution is 2.24. The van der Waals surface area contributed by atoms with E-state index in [2.05, 4.69) is 5.32 Å². The van der Waals surface area contributed by atoms with Gasteiger partial charge in [0.15, 0.2) is 0 Å². The first-order valence-electron chi connectivity index (χ1n) is 12.6. The molecular weight excluding hydrogens is 462 g/mol. The highest BCUT2D eigenvalue weighted by molar-refractivity contribution is 7.89. The van der Waals surface area contributed by atoms with Crippen LogP contribution in [-0.4, -0.2) is 61.4 Å². The fourth-order valence-corrected chi connectivity index (χ4v) is 6.50. The highest BCUT2D eigenvalue weighted by Gasteiger charge is 2.32. The van der Waals surface area contributed by atoms with Crippen LogP contribution in [0.2, 0.25) is 0 Å². The highest BCUT2D eigenvalue weighted by atomic mass is 32.2. The minimum absolute atomic E-state index is 0.0631. The van der Waals surface area contributed by atoms with Gasteiger partial charge in [0.2, 0.25) is 15.9 Å². The Balaban J connectivity index is 1.36. The zero-order valence-electron chi connectivity index (χ0n) is 20.2. The number of piperidine rings is 2. The van der Waals surface area contributed by atoms with Crippen LogP contribution in [0, 0.1) is 5.92 Å². The summed E-state index contributed by atoms with van der Waals surface area (Å²) in [7, 11) is -3.44. The number of hydrogen-bond acceptors (Lipinski definition) is 4. The van der Waals surface area contributed by atoms with Crippen LogP contribution in [-0.2, 0) is 21.2 Å². The van der Waals surface area contributed by atoms with Gasteiger partial charge in [0.05, 0.1) is 22.9 Å². The monoisotopic (exact) mass is 497 g/mol. The minimum Gasteiger partial charge on any atom is -0.339 e. The number of hydrogen-bond donors (Lipinski definition) is 1. The van der Waals surface area contributed by atoms with Gasteiger partial charge in [0.1, 0.15) is 0 Å². The average Bonchev–Trinajstić information content (AvgIpc) is 2.90. The molecule has 0 aliphatic carbocycles. The first-order chi connectivity index (χ1) is 16.9. The van der Waals surface area contributed by atoms with Gasteiger partial charge in [-0.3, -0.25) is 9.59 Å². The van der Waals surface area contributed by atoms with Crippen LogP contribution < -0.4 is 5.32 Å². The number of nitrogens with zero attached hydrogens (tertiary/aromatic N) is 2. The molecule has 1 unspecified atom stereocenters. The Morgan fingerprint density at radius 3 is 2.37 bits per heavy atom. The summed E-state index contributed by atoms with van der Waals surface area (Å²) in [5.41, 5.74) is 2.11. The number of anilines is 1. The van der Waals surface area contributed by atoms with E-state index in [0.29, 0.717) is 43.5 Å². The SMILES string of the molecule is O=C(Nc1ccccc1C(=O)N1CCCCC1)C1CCCN(S(=O)(=O)CCCc2ccccc2)C1. The fourth-order valence-electron chi connectivity index (χ4n) is 4.92. The van der Waals surface area contributed by atoms with E-state index < -0.39 is 15.9 Å². The number of nitrogens with one attached hydrogen (secondary N) is 1. The third kappa shape index (κ3) is 6.70. The summed E-state index contributed by atoms with van der Waals surface area (Å²) in [4.78, 5) is 28.0. The number of rotatable bonds is 8. The van der Waals surface area contributed by atoms with Crippen molar-refractivity contribution < 1.29 is 18.0 Å². The first kappa shape index (κ1) is 25.4. The number of aryl methyl sites for hydroxylation is 1. The summed E-state index contributed by atoms with van der Waals surface area (Å²) in [6.45, 7) is 2.10. The molecule has 2 aliphatic heterocycles. The van der Waals surface area contributed by atoms with Crippen LogP contribution in [0.1, 0.15) is 54.4 Å². The molecule has 0 aromatic heterocycles. The Bertz CT molecular complexity index is 1110. The number of likely N-dealkylation sites (tertiary alicyclic amines) is 1. The van der Waals surface area contributed by atoms with Gasteiger partial charge in [-0.25, -0.2) is 12.7 Å². The molecular formula is C27H35N3O4S. The van der Waals surface area contributed by atoms with Crippen molar-refractivity contribution in [2.45, 2.75) is 44.9 Å². The number of benzene rings is 2. The molecule has 0 spiro atoms. The zero-order chi connectivity index (χ0) is 24.7. The van der Waals surface area contributed by atoms with E-state index >= 15 is 0 Å². The van der Waals surface area contributed by atoms with Crippen LogP contribution in [0.25, 0.3) is 0 Å². The summed E-state index contributed by atoms with van der Waals surface area (Å²) >= 11 is 0. The fraction of sp³-hybridized carbons (Fsp3) is 0.481. The molecule has 1 atom stereocenters. The molecule has 0 radical (unpaired) electrons. The van der Waals surface area contributed by atoms with Crippen molar-refractivity contribution >= 4 is 27.5 Å². The quantitative estimate of drug-likeness (QED) is 0.599. The van der Waals surface area contributed by atoms with Gasteiger partial charge in [-0.2, -0.15) is 0 Å². The summed E-state index contributed by atoms with van der Waals surface area (Å²) in [6.07, 6.45) is 5.66. The lowest BCUT2D eigenvalue weighted by atomic mass is 9.98. The molecule has 2 saturated heterocycles. The molecule has 35 heavy (non-hydrogen) atoms.